The number of aromatic nitrogens is 1. The summed E-state index contributed by atoms with van der Waals surface area (Å²) in [6.07, 6.45) is 0. The molecule has 1 heterocycles. The zero-order valence-corrected chi connectivity index (χ0v) is 9.86. The number of thiazole rings is 1. The Kier molecular flexibility index (Phi) is 3.07. The highest BCUT2D eigenvalue weighted by molar-refractivity contribution is 7.14. The van der Waals surface area contributed by atoms with Gasteiger partial charge in [-0.25, -0.2) is 4.98 Å². The van der Waals surface area contributed by atoms with Crippen LogP contribution in [-0.4, -0.2) is 17.3 Å². The molecule has 2 N–H and O–H groups in total. The van der Waals surface area contributed by atoms with Gasteiger partial charge in [0.25, 0.3) is 0 Å². The highest BCUT2D eigenvalue weighted by Gasteiger charge is 2.22. The van der Waals surface area contributed by atoms with Crippen LogP contribution in [0.3, 0.4) is 0 Å². The third-order valence-corrected chi connectivity index (χ3v) is 3.50. The van der Waals surface area contributed by atoms with E-state index in [1.165, 1.54) is 11.3 Å². The van der Waals surface area contributed by atoms with Crippen LogP contribution in [-0.2, 0) is 5.41 Å². The van der Waals surface area contributed by atoms with Crippen molar-refractivity contribution in [3.8, 4) is 0 Å². The van der Waals surface area contributed by atoms with Gasteiger partial charge in [0.15, 0.2) is 5.78 Å². The number of nitrogens with zero attached hydrogens (tertiary/aromatic N) is 1. The van der Waals surface area contributed by atoms with E-state index in [4.69, 9.17) is 5.73 Å². The summed E-state index contributed by atoms with van der Waals surface area (Å²) in [5.74, 6) is -0.0181. The van der Waals surface area contributed by atoms with Crippen LogP contribution in [0.5, 0.6) is 0 Å². The molecule has 0 bridgehead atoms. The molecule has 0 aliphatic heterocycles. The predicted molar refractivity (Wildman–Crippen MR) is 58.9 cm³/mol. The highest BCUT2D eigenvalue weighted by atomic mass is 32.1. The lowest BCUT2D eigenvalue weighted by atomic mass is 9.98. The molecule has 0 aliphatic carbocycles. The first-order valence-corrected chi connectivity index (χ1v) is 5.39. The molecule has 0 fully saturated rings. The van der Waals surface area contributed by atoms with E-state index in [0.29, 0.717) is 4.88 Å². The van der Waals surface area contributed by atoms with E-state index >= 15 is 0 Å². The fraction of sp³-hybridized carbons (Fsp3) is 0.600. The average Bonchev–Trinajstić information content (AvgIpc) is 2.45. The third kappa shape index (κ3) is 2.19. The van der Waals surface area contributed by atoms with Crippen molar-refractivity contribution in [2.45, 2.75) is 33.1 Å². The molecule has 0 saturated heterocycles. The van der Waals surface area contributed by atoms with Gasteiger partial charge in [0.05, 0.1) is 22.1 Å². The fourth-order valence-corrected chi connectivity index (χ4v) is 2.14. The Labute approximate surface area is 88.3 Å². The van der Waals surface area contributed by atoms with E-state index in [0.717, 1.165) is 10.7 Å². The van der Waals surface area contributed by atoms with Crippen LogP contribution in [0, 0.1) is 6.92 Å². The van der Waals surface area contributed by atoms with E-state index in [-0.39, 0.29) is 17.7 Å². The van der Waals surface area contributed by atoms with Crippen molar-refractivity contribution < 1.29 is 4.79 Å². The summed E-state index contributed by atoms with van der Waals surface area (Å²) in [5, 5.41) is 0.992. The maximum Gasteiger partial charge on any atom is 0.188 e. The van der Waals surface area contributed by atoms with Crippen LogP contribution in [0.1, 0.15) is 41.1 Å². The fourth-order valence-electron chi connectivity index (χ4n) is 1.07. The second-order valence-electron chi connectivity index (χ2n) is 4.31. The topological polar surface area (TPSA) is 56.0 Å². The van der Waals surface area contributed by atoms with Gasteiger partial charge in [-0.3, -0.25) is 4.79 Å². The summed E-state index contributed by atoms with van der Waals surface area (Å²) < 4.78 is 0. The molecular formula is C10H16N2OS. The normalized spacial score (nSPS) is 11.8. The third-order valence-electron chi connectivity index (χ3n) is 1.88. The molecule has 0 aliphatic rings. The van der Waals surface area contributed by atoms with Crippen molar-refractivity contribution in [1.82, 2.24) is 4.98 Å². The summed E-state index contributed by atoms with van der Waals surface area (Å²) in [6.45, 7) is 8.17. The minimum atomic E-state index is -0.0181. The second kappa shape index (κ2) is 3.79. The first-order chi connectivity index (χ1) is 6.36. The van der Waals surface area contributed by atoms with E-state index in [9.17, 15) is 4.79 Å². The molecule has 78 valence electrons. The van der Waals surface area contributed by atoms with Gasteiger partial charge in [0, 0.05) is 5.41 Å². The first kappa shape index (κ1) is 11.3. The number of hydrogen-bond acceptors (Lipinski definition) is 4. The van der Waals surface area contributed by atoms with Gasteiger partial charge < -0.3 is 5.73 Å². The molecule has 0 spiro atoms. The minimum Gasteiger partial charge on any atom is -0.324 e. The van der Waals surface area contributed by atoms with Crippen LogP contribution < -0.4 is 5.73 Å². The molecule has 3 nitrogen and oxygen atoms in total. The number of aryl methyl sites for hydroxylation is 1. The van der Waals surface area contributed by atoms with Crippen LogP contribution in [0.2, 0.25) is 0 Å². The summed E-state index contributed by atoms with van der Waals surface area (Å²) in [6, 6.07) is 0. The number of rotatable bonds is 2. The van der Waals surface area contributed by atoms with Crippen LogP contribution in [0.4, 0.5) is 0 Å². The van der Waals surface area contributed by atoms with Crippen molar-refractivity contribution in [2.75, 3.05) is 6.54 Å². The Morgan fingerprint density at radius 3 is 2.43 bits per heavy atom. The van der Waals surface area contributed by atoms with Gasteiger partial charge in [0.1, 0.15) is 0 Å². The van der Waals surface area contributed by atoms with E-state index in [1.54, 1.807) is 0 Å². The zero-order chi connectivity index (χ0) is 10.9. The number of hydrogen-bond donors (Lipinski definition) is 1. The second-order valence-corrected chi connectivity index (χ2v) is 5.31. The quantitative estimate of drug-likeness (QED) is 0.762. The SMILES string of the molecule is Cc1nc(C(C)(C)C)sc1C(=O)CN. The Morgan fingerprint density at radius 1 is 1.50 bits per heavy atom. The van der Waals surface area contributed by atoms with E-state index < -0.39 is 0 Å². The average molecular weight is 212 g/mol. The lowest BCUT2D eigenvalue weighted by Crippen LogP contribution is -2.13. The molecule has 0 amide bonds. The standard InChI is InChI=1S/C10H16N2OS/c1-6-8(7(13)5-11)14-9(12-6)10(2,3)4/h5,11H2,1-4H3. The number of nitrogens with two attached hydrogens (primary N) is 1. The Balaban J connectivity index is 3.12. The molecule has 0 atom stereocenters. The monoisotopic (exact) mass is 212 g/mol. The highest BCUT2D eigenvalue weighted by Crippen LogP contribution is 2.29. The van der Waals surface area contributed by atoms with Gasteiger partial charge in [-0.15, -0.1) is 11.3 Å². The van der Waals surface area contributed by atoms with Crippen LogP contribution in [0.15, 0.2) is 0 Å². The van der Waals surface area contributed by atoms with Crippen molar-refractivity contribution in [3.05, 3.63) is 15.6 Å². The molecule has 0 unspecified atom stereocenters. The first-order valence-electron chi connectivity index (χ1n) is 4.57. The summed E-state index contributed by atoms with van der Waals surface area (Å²) in [4.78, 5) is 16.5. The van der Waals surface area contributed by atoms with Crippen molar-refractivity contribution in [2.24, 2.45) is 5.73 Å². The molecule has 1 aromatic heterocycles. The molecule has 0 saturated carbocycles. The lowest BCUT2D eigenvalue weighted by Gasteiger charge is -2.13. The Hall–Kier alpha value is -0.740. The molecule has 4 heteroatoms. The Morgan fingerprint density at radius 2 is 2.07 bits per heavy atom. The molecule has 1 rings (SSSR count). The van der Waals surface area contributed by atoms with E-state index in [2.05, 4.69) is 25.8 Å². The summed E-state index contributed by atoms with van der Waals surface area (Å²) in [7, 11) is 0. The largest absolute Gasteiger partial charge is 0.324 e. The number of carbonyl (C=O) groups excluding carboxylic acids is 1. The van der Waals surface area contributed by atoms with Crippen molar-refractivity contribution >= 4 is 17.1 Å². The number of ketones is 1. The minimum absolute atomic E-state index is 0.00253. The van der Waals surface area contributed by atoms with Crippen molar-refractivity contribution in [3.63, 3.8) is 0 Å². The zero-order valence-electron chi connectivity index (χ0n) is 9.05. The summed E-state index contributed by atoms with van der Waals surface area (Å²) >= 11 is 1.46. The molecule has 0 aromatic carbocycles. The molecule has 0 radical (unpaired) electrons. The van der Waals surface area contributed by atoms with Gasteiger partial charge in [-0.2, -0.15) is 0 Å². The molecule has 14 heavy (non-hydrogen) atoms. The number of Topliss-reactive ketones (excluding diaryl/α,β-unsaturated/α-hetero) is 1. The van der Waals surface area contributed by atoms with Gasteiger partial charge in [-0.1, -0.05) is 20.8 Å². The van der Waals surface area contributed by atoms with Crippen LogP contribution >= 0.6 is 11.3 Å². The maximum atomic E-state index is 11.4. The maximum absolute atomic E-state index is 11.4. The van der Waals surface area contributed by atoms with Gasteiger partial charge in [-0.05, 0) is 6.92 Å². The van der Waals surface area contributed by atoms with Crippen LogP contribution in [0.25, 0.3) is 0 Å². The predicted octanol–water partition coefficient (Wildman–Crippen LogP) is 1.89. The summed E-state index contributed by atoms with van der Waals surface area (Å²) in [5.41, 5.74) is 6.12. The smallest absolute Gasteiger partial charge is 0.188 e. The van der Waals surface area contributed by atoms with Crippen molar-refractivity contribution in [1.29, 1.82) is 0 Å². The molecular weight excluding hydrogens is 196 g/mol. The Bertz CT molecular complexity index is 349. The number of carbonyl (C=O) groups is 1. The lowest BCUT2D eigenvalue weighted by molar-refractivity contribution is 0.100. The molecule has 1 aromatic rings. The van der Waals surface area contributed by atoms with Gasteiger partial charge in [0.2, 0.25) is 0 Å². The van der Waals surface area contributed by atoms with Gasteiger partial charge >= 0.3 is 0 Å². The van der Waals surface area contributed by atoms with E-state index in [1.807, 2.05) is 6.92 Å².